The fourth-order valence-electron chi connectivity index (χ4n) is 2.99. The molecule has 0 spiro atoms. The number of anilines is 2. The van der Waals surface area contributed by atoms with Crippen molar-refractivity contribution in [3.8, 4) is 0 Å². The van der Waals surface area contributed by atoms with E-state index in [2.05, 4.69) is 5.32 Å². The van der Waals surface area contributed by atoms with Gasteiger partial charge in [0.1, 0.15) is 17.5 Å². The van der Waals surface area contributed by atoms with E-state index in [-0.39, 0.29) is 11.4 Å². The molecule has 1 aliphatic heterocycles. The van der Waals surface area contributed by atoms with Crippen molar-refractivity contribution in [2.24, 2.45) is 0 Å². The Bertz CT molecular complexity index is 697. The van der Waals surface area contributed by atoms with Crippen molar-refractivity contribution >= 4 is 11.4 Å². The van der Waals surface area contributed by atoms with Gasteiger partial charge in [-0.2, -0.15) is 0 Å². The van der Waals surface area contributed by atoms with Crippen molar-refractivity contribution in [1.82, 2.24) is 0 Å². The maximum Gasteiger partial charge on any atom is 0.148 e. The normalized spacial score (nSPS) is 15.7. The highest BCUT2D eigenvalue weighted by Crippen LogP contribution is 2.28. The molecule has 2 nitrogen and oxygen atoms in total. The third-order valence-corrected chi connectivity index (χ3v) is 4.20. The highest BCUT2D eigenvalue weighted by atomic mass is 19.1. The smallest absolute Gasteiger partial charge is 0.148 e. The molecule has 0 amide bonds. The van der Waals surface area contributed by atoms with Crippen molar-refractivity contribution in [1.29, 1.82) is 0 Å². The first-order chi connectivity index (χ1) is 11.0. The van der Waals surface area contributed by atoms with Crippen LogP contribution in [-0.4, -0.2) is 13.1 Å². The summed E-state index contributed by atoms with van der Waals surface area (Å²) in [5, 5.41) is 3.02. The second-order valence-corrected chi connectivity index (χ2v) is 5.89. The SMILES string of the molecule is CC(Nc1ccc(N2CCCC2)c(F)c1)c1cc(F)ccc1F. The molecule has 3 rings (SSSR count). The van der Waals surface area contributed by atoms with Gasteiger partial charge in [-0.25, -0.2) is 13.2 Å². The summed E-state index contributed by atoms with van der Waals surface area (Å²) < 4.78 is 41.3. The van der Waals surface area contributed by atoms with Gasteiger partial charge in [0.05, 0.1) is 11.7 Å². The minimum absolute atomic E-state index is 0.217. The second-order valence-electron chi connectivity index (χ2n) is 5.89. The number of nitrogens with zero attached hydrogens (tertiary/aromatic N) is 1. The van der Waals surface area contributed by atoms with Gasteiger partial charge in [0, 0.05) is 24.3 Å². The molecule has 0 aromatic heterocycles. The Morgan fingerprint density at radius 2 is 1.70 bits per heavy atom. The van der Waals surface area contributed by atoms with Gasteiger partial charge in [0.25, 0.3) is 0 Å². The van der Waals surface area contributed by atoms with Crippen LogP contribution in [0.4, 0.5) is 24.5 Å². The predicted octanol–water partition coefficient (Wildman–Crippen LogP) is 4.88. The van der Waals surface area contributed by atoms with E-state index in [1.165, 1.54) is 6.07 Å². The number of hydrogen-bond acceptors (Lipinski definition) is 2. The van der Waals surface area contributed by atoms with Gasteiger partial charge in [0.2, 0.25) is 0 Å². The van der Waals surface area contributed by atoms with E-state index in [1.54, 1.807) is 19.1 Å². The lowest BCUT2D eigenvalue weighted by molar-refractivity contribution is 0.577. The largest absolute Gasteiger partial charge is 0.378 e. The zero-order chi connectivity index (χ0) is 16.4. The summed E-state index contributed by atoms with van der Waals surface area (Å²) in [6, 6.07) is 7.77. The number of benzene rings is 2. The molecular formula is C18H19F3N2. The molecule has 0 saturated carbocycles. The Hall–Kier alpha value is -2.17. The first kappa shape index (κ1) is 15.7. The highest BCUT2D eigenvalue weighted by Gasteiger charge is 2.17. The van der Waals surface area contributed by atoms with Crippen LogP contribution in [0, 0.1) is 17.5 Å². The van der Waals surface area contributed by atoms with Crippen molar-refractivity contribution < 1.29 is 13.2 Å². The molecule has 1 saturated heterocycles. The molecule has 1 aliphatic rings. The van der Waals surface area contributed by atoms with E-state index < -0.39 is 17.7 Å². The lowest BCUT2D eigenvalue weighted by atomic mass is 10.1. The summed E-state index contributed by atoms with van der Waals surface area (Å²) in [7, 11) is 0. The van der Waals surface area contributed by atoms with Gasteiger partial charge in [-0.15, -0.1) is 0 Å². The summed E-state index contributed by atoms with van der Waals surface area (Å²) in [5.74, 6) is -1.28. The first-order valence-electron chi connectivity index (χ1n) is 7.80. The molecule has 1 atom stereocenters. The van der Waals surface area contributed by atoms with Crippen LogP contribution in [0.1, 0.15) is 31.4 Å². The molecule has 0 bridgehead atoms. The van der Waals surface area contributed by atoms with E-state index in [1.807, 2.05) is 4.90 Å². The molecular weight excluding hydrogens is 301 g/mol. The standard InChI is InChI=1S/C18H19F3N2/c1-12(15-10-13(19)4-6-16(15)20)22-14-5-7-18(17(21)11-14)23-8-2-3-9-23/h4-7,10-12,22H,2-3,8-9H2,1H3. The Balaban J connectivity index is 1.77. The van der Waals surface area contributed by atoms with Crippen LogP contribution < -0.4 is 10.2 Å². The van der Waals surface area contributed by atoms with Crippen molar-refractivity contribution in [3.63, 3.8) is 0 Å². The van der Waals surface area contributed by atoms with Gasteiger partial charge in [-0.05, 0) is 56.2 Å². The maximum atomic E-state index is 14.3. The highest BCUT2D eigenvalue weighted by molar-refractivity contribution is 5.57. The van der Waals surface area contributed by atoms with Crippen LogP contribution in [0.25, 0.3) is 0 Å². The third kappa shape index (κ3) is 3.44. The summed E-state index contributed by atoms with van der Waals surface area (Å²) in [4.78, 5) is 2.02. The molecule has 122 valence electrons. The summed E-state index contributed by atoms with van der Waals surface area (Å²) in [6.07, 6.45) is 2.16. The van der Waals surface area contributed by atoms with Crippen molar-refractivity contribution in [2.45, 2.75) is 25.8 Å². The molecule has 2 aromatic rings. The lowest BCUT2D eigenvalue weighted by Crippen LogP contribution is -2.19. The van der Waals surface area contributed by atoms with Crippen LogP contribution in [0.2, 0.25) is 0 Å². The van der Waals surface area contributed by atoms with E-state index in [9.17, 15) is 13.2 Å². The fraction of sp³-hybridized carbons (Fsp3) is 0.333. The van der Waals surface area contributed by atoms with Gasteiger partial charge in [-0.3, -0.25) is 0 Å². The number of hydrogen-bond donors (Lipinski definition) is 1. The van der Waals surface area contributed by atoms with Gasteiger partial charge in [0.15, 0.2) is 0 Å². The summed E-state index contributed by atoms with van der Waals surface area (Å²) >= 11 is 0. The predicted molar refractivity (Wildman–Crippen MR) is 86.2 cm³/mol. The number of halogens is 3. The van der Waals surface area contributed by atoms with E-state index >= 15 is 0 Å². The Morgan fingerprint density at radius 1 is 0.957 bits per heavy atom. The van der Waals surface area contributed by atoms with E-state index in [0.717, 1.165) is 44.1 Å². The topological polar surface area (TPSA) is 15.3 Å². The zero-order valence-electron chi connectivity index (χ0n) is 13.0. The molecule has 2 aromatic carbocycles. The molecule has 0 radical (unpaired) electrons. The molecule has 1 fully saturated rings. The van der Waals surface area contributed by atoms with Crippen LogP contribution in [0.3, 0.4) is 0 Å². The Morgan fingerprint density at radius 3 is 2.39 bits per heavy atom. The van der Waals surface area contributed by atoms with Crippen molar-refractivity contribution in [3.05, 3.63) is 59.4 Å². The molecule has 5 heteroatoms. The van der Waals surface area contributed by atoms with Crippen LogP contribution in [0.15, 0.2) is 36.4 Å². The Kier molecular flexibility index (Phi) is 4.46. The quantitative estimate of drug-likeness (QED) is 0.864. The number of rotatable bonds is 4. The monoisotopic (exact) mass is 320 g/mol. The average Bonchev–Trinajstić information content (AvgIpc) is 3.04. The van der Waals surface area contributed by atoms with Crippen molar-refractivity contribution in [2.75, 3.05) is 23.3 Å². The minimum atomic E-state index is -0.495. The molecule has 1 heterocycles. The average molecular weight is 320 g/mol. The third-order valence-electron chi connectivity index (χ3n) is 4.20. The summed E-state index contributed by atoms with van der Waals surface area (Å²) in [6.45, 7) is 3.45. The van der Waals surface area contributed by atoms with Gasteiger partial charge < -0.3 is 10.2 Å². The van der Waals surface area contributed by atoms with Crippen LogP contribution in [-0.2, 0) is 0 Å². The second kappa shape index (κ2) is 6.52. The van der Waals surface area contributed by atoms with E-state index in [4.69, 9.17) is 0 Å². The zero-order valence-corrected chi connectivity index (χ0v) is 13.0. The summed E-state index contributed by atoms with van der Waals surface area (Å²) in [5.41, 5.74) is 1.35. The molecule has 23 heavy (non-hydrogen) atoms. The number of nitrogens with one attached hydrogen (secondary N) is 1. The molecule has 1 unspecified atom stereocenters. The molecule has 1 N–H and O–H groups in total. The Labute approximate surface area is 133 Å². The maximum absolute atomic E-state index is 14.3. The van der Waals surface area contributed by atoms with Gasteiger partial charge in [-0.1, -0.05) is 0 Å². The fourth-order valence-corrected chi connectivity index (χ4v) is 2.99. The van der Waals surface area contributed by atoms with E-state index in [0.29, 0.717) is 11.4 Å². The molecule has 0 aliphatic carbocycles. The van der Waals surface area contributed by atoms with Gasteiger partial charge >= 0.3 is 0 Å². The van der Waals surface area contributed by atoms with Crippen LogP contribution in [0.5, 0.6) is 0 Å². The first-order valence-corrected chi connectivity index (χ1v) is 7.80. The lowest BCUT2D eigenvalue weighted by Gasteiger charge is -2.20. The minimum Gasteiger partial charge on any atom is -0.378 e. The van der Waals surface area contributed by atoms with Crippen LogP contribution >= 0.6 is 0 Å².